The van der Waals surface area contributed by atoms with E-state index in [-0.39, 0.29) is 17.4 Å². The SMILES string of the molecule is Cc1ccc([C@@H](c2nnnn2C(C)(C)C)[NH+]2CCN(c3ccccc3F)CC2)cc1. The van der Waals surface area contributed by atoms with Crippen LogP contribution in [0.5, 0.6) is 0 Å². The normalized spacial score (nSPS) is 16.6. The number of benzene rings is 2. The minimum atomic E-state index is -0.212. The van der Waals surface area contributed by atoms with E-state index in [0.717, 1.165) is 32.0 Å². The molecular formula is C23H30FN6+. The average molecular weight is 410 g/mol. The summed E-state index contributed by atoms with van der Waals surface area (Å²) < 4.78 is 16.2. The molecule has 0 unspecified atom stereocenters. The van der Waals surface area contributed by atoms with E-state index in [1.807, 2.05) is 16.8 Å². The predicted molar refractivity (Wildman–Crippen MR) is 115 cm³/mol. The first-order chi connectivity index (χ1) is 14.3. The topological polar surface area (TPSA) is 51.3 Å². The zero-order valence-electron chi connectivity index (χ0n) is 18.1. The first kappa shape index (κ1) is 20.5. The van der Waals surface area contributed by atoms with Crippen LogP contribution in [0.15, 0.2) is 48.5 Å². The highest BCUT2D eigenvalue weighted by Crippen LogP contribution is 2.24. The monoisotopic (exact) mass is 409 g/mol. The number of halogens is 1. The number of nitrogens with zero attached hydrogens (tertiary/aromatic N) is 5. The molecule has 30 heavy (non-hydrogen) atoms. The molecule has 1 saturated heterocycles. The Kier molecular flexibility index (Phi) is 5.56. The van der Waals surface area contributed by atoms with Gasteiger partial charge in [-0.15, -0.1) is 5.10 Å². The summed E-state index contributed by atoms with van der Waals surface area (Å²) in [4.78, 5) is 3.53. The summed E-state index contributed by atoms with van der Waals surface area (Å²) in [5.74, 6) is 0.716. The predicted octanol–water partition coefficient (Wildman–Crippen LogP) is 2.37. The van der Waals surface area contributed by atoms with Crippen molar-refractivity contribution in [1.29, 1.82) is 0 Å². The van der Waals surface area contributed by atoms with Crippen LogP contribution in [0.1, 0.15) is 43.8 Å². The largest absolute Gasteiger partial charge is 0.358 e. The van der Waals surface area contributed by atoms with Crippen molar-refractivity contribution in [3.8, 4) is 0 Å². The Morgan fingerprint density at radius 1 is 1.00 bits per heavy atom. The van der Waals surface area contributed by atoms with Gasteiger partial charge in [-0.25, -0.2) is 9.07 Å². The number of aromatic nitrogens is 4. The molecular weight excluding hydrogens is 379 g/mol. The van der Waals surface area contributed by atoms with Gasteiger partial charge in [-0.3, -0.25) is 0 Å². The molecule has 2 aromatic carbocycles. The zero-order chi connectivity index (χ0) is 21.3. The van der Waals surface area contributed by atoms with E-state index >= 15 is 0 Å². The van der Waals surface area contributed by atoms with Crippen LogP contribution in [0, 0.1) is 12.7 Å². The maximum Gasteiger partial charge on any atom is 0.214 e. The van der Waals surface area contributed by atoms with Gasteiger partial charge < -0.3 is 9.80 Å². The Morgan fingerprint density at radius 3 is 2.30 bits per heavy atom. The van der Waals surface area contributed by atoms with Crippen molar-refractivity contribution in [2.75, 3.05) is 31.1 Å². The van der Waals surface area contributed by atoms with Gasteiger partial charge in [0, 0.05) is 5.56 Å². The maximum absolute atomic E-state index is 14.3. The number of aryl methyl sites for hydroxylation is 1. The summed E-state index contributed by atoms with van der Waals surface area (Å²) in [5.41, 5.74) is 2.90. The van der Waals surface area contributed by atoms with Crippen molar-refractivity contribution in [2.24, 2.45) is 0 Å². The molecule has 0 bridgehead atoms. The van der Waals surface area contributed by atoms with Crippen LogP contribution in [0.3, 0.4) is 0 Å². The smallest absolute Gasteiger partial charge is 0.214 e. The number of para-hydroxylation sites is 1. The summed E-state index contributed by atoms with van der Waals surface area (Å²) in [6.07, 6.45) is 0. The molecule has 3 aromatic rings. The van der Waals surface area contributed by atoms with E-state index in [0.29, 0.717) is 5.69 Å². The van der Waals surface area contributed by atoms with E-state index in [2.05, 4.69) is 72.4 Å². The van der Waals surface area contributed by atoms with Crippen molar-refractivity contribution in [2.45, 2.75) is 39.3 Å². The van der Waals surface area contributed by atoms with Gasteiger partial charge in [0.25, 0.3) is 0 Å². The molecule has 4 rings (SSSR count). The van der Waals surface area contributed by atoms with Crippen LogP contribution in [0.4, 0.5) is 10.1 Å². The number of nitrogens with one attached hydrogen (secondary N) is 1. The van der Waals surface area contributed by atoms with E-state index in [1.165, 1.54) is 22.1 Å². The van der Waals surface area contributed by atoms with Crippen LogP contribution >= 0.6 is 0 Å². The summed E-state index contributed by atoms with van der Waals surface area (Å²) >= 11 is 0. The lowest BCUT2D eigenvalue weighted by Crippen LogP contribution is -3.15. The summed E-state index contributed by atoms with van der Waals surface area (Å²) in [5, 5.41) is 12.8. The lowest BCUT2D eigenvalue weighted by Gasteiger charge is -2.38. The van der Waals surface area contributed by atoms with Crippen molar-refractivity contribution < 1.29 is 9.29 Å². The van der Waals surface area contributed by atoms with Gasteiger partial charge >= 0.3 is 0 Å². The van der Waals surface area contributed by atoms with E-state index in [4.69, 9.17) is 0 Å². The second kappa shape index (κ2) is 8.14. The van der Waals surface area contributed by atoms with Gasteiger partial charge in [0.1, 0.15) is 5.82 Å². The second-order valence-electron chi connectivity index (χ2n) is 9.06. The number of piperazine rings is 1. The van der Waals surface area contributed by atoms with Gasteiger partial charge in [0.15, 0.2) is 6.04 Å². The molecule has 0 saturated carbocycles. The third-order valence-corrected chi connectivity index (χ3v) is 5.80. The molecule has 0 radical (unpaired) electrons. The van der Waals surface area contributed by atoms with Crippen molar-refractivity contribution >= 4 is 5.69 Å². The minimum absolute atomic E-state index is 0.0302. The standard InChI is InChI=1S/C23H29FN6/c1-17-9-11-18(12-10-17)21(22-25-26-27-30(22)23(2,3)4)29-15-13-28(14-16-29)20-8-6-5-7-19(20)24/h5-12,21H,13-16H2,1-4H3/p+1/t21-/m0/s1. The first-order valence-corrected chi connectivity index (χ1v) is 10.5. The molecule has 1 aliphatic heterocycles. The summed E-state index contributed by atoms with van der Waals surface area (Å²) in [7, 11) is 0. The Balaban J connectivity index is 1.64. The van der Waals surface area contributed by atoms with Gasteiger partial charge in [-0.1, -0.05) is 42.0 Å². The molecule has 1 aromatic heterocycles. The molecule has 1 N–H and O–H groups in total. The van der Waals surface area contributed by atoms with Crippen LogP contribution in [-0.2, 0) is 5.54 Å². The molecule has 1 atom stereocenters. The molecule has 0 amide bonds. The average Bonchev–Trinajstić information content (AvgIpc) is 3.21. The van der Waals surface area contributed by atoms with Gasteiger partial charge in [-0.2, -0.15) is 0 Å². The maximum atomic E-state index is 14.3. The first-order valence-electron chi connectivity index (χ1n) is 10.5. The molecule has 158 valence electrons. The lowest BCUT2D eigenvalue weighted by molar-refractivity contribution is -0.927. The number of quaternary nitrogens is 1. The fraction of sp³-hybridized carbons (Fsp3) is 0.435. The molecule has 2 heterocycles. The summed E-state index contributed by atoms with van der Waals surface area (Å²) in [6, 6.07) is 15.7. The number of hydrogen-bond donors (Lipinski definition) is 1. The van der Waals surface area contributed by atoms with Crippen LogP contribution < -0.4 is 9.80 Å². The van der Waals surface area contributed by atoms with Crippen molar-refractivity contribution in [1.82, 2.24) is 20.2 Å². The van der Waals surface area contributed by atoms with Crippen molar-refractivity contribution in [3.63, 3.8) is 0 Å². The van der Waals surface area contributed by atoms with Crippen LogP contribution in [-0.4, -0.2) is 46.4 Å². The quantitative estimate of drug-likeness (QED) is 0.719. The van der Waals surface area contributed by atoms with Gasteiger partial charge in [0.2, 0.25) is 5.82 Å². The Morgan fingerprint density at radius 2 is 1.67 bits per heavy atom. The highest BCUT2D eigenvalue weighted by Gasteiger charge is 2.36. The molecule has 6 nitrogen and oxygen atoms in total. The number of hydrogen-bond acceptors (Lipinski definition) is 4. The Bertz CT molecular complexity index is 983. The molecule has 7 heteroatoms. The number of anilines is 1. The highest BCUT2D eigenvalue weighted by atomic mass is 19.1. The third kappa shape index (κ3) is 4.07. The highest BCUT2D eigenvalue weighted by molar-refractivity contribution is 5.47. The van der Waals surface area contributed by atoms with Crippen LogP contribution in [0.25, 0.3) is 0 Å². The third-order valence-electron chi connectivity index (χ3n) is 5.80. The fourth-order valence-corrected chi connectivity index (χ4v) is 4.21. The molecule has 0 spiro atoms. The van der Waals surface area contributed by atoms with E-state index in [9.17, 15) is 4.39 Å². The van der Waals surface area contributed by atoms with Crippen LogP contribution in [0.2, 0.25) is 0 Å². The lowest BCUT2D eigenvalue weighted by atomic mass is 10.0. The Labute approximate surface area is 177 Å². The minimum Gasteiger partial charge on any atom is -0.358 e. The van der Waals surface area contributed by atoms with Gasteiger partial charge in [0.05, 0.1) is 37.4 Å². The number of rotatable bonds is 4. The fourth-order valence-electron chi connectivity index (χ4n) is 4.21. The van der Waals surface area contributed by atoms with E-state index < -0.39 is 0 Å². The number of tetrazole rings is 1. The molecule has 1 fully saturated rings. The van der Waals surface area contributed by atoms with Gasteiger partial charge in [-0.05, 0) is 50.3 Å². The van der Waals surface area contributed by atoms with Crippen molar-refractivity contribution in [3.05, 3.63) is 71.3 Å². The zero-order valence-corrected chi connectivity index (χ0v) is 18.1. The molecule has 1 aliphatic rings. The second-order valence-corrected chi connectivity index (χ2v) is 9.06. The Hall–Kier alpha value is -2.80. The summed E-state index contributed by atoms with van der Waals surface area (Å²) in [6.45, 7) is 11.8. The van der Waals surface area contributed by atoms with E-state index in [1.54, 1.807) is 6.07 Å². The molecule has 0 aliphatic carbocycles.